The lowest BCUT2D eigenvalue weighted by molar-refractivity contribution is 0.181. The van der Waals surface area contributed by atoms with Gasteiger partial charge in [0, 0.05) is 38.3 Å². The Balaban J connectivity index is 1.17. The molecule has 1 aromatic heterocycles. The standard InChI is InChI=1S/C22H28N4/c1-2-4-18(5-3-1)21-8-9-22(24-23-21)26-12-10-25(11-13-26)16-20-15-17-6-7-19(20)14-17/h1-5,8-9,17,19-20H,6-7,10-16H2. The van der Waals surface area contributed by atoms with Crippen molar-refractivity contribution in [3.05, 3.63) is 42.5 Å². The number of rotatable bonds is 4. The molecule has 5 rings (SSSR count). The zero-order chi connectivity index (χ0) is 17.3. The average molecular weight is 348 g/mol. The Bertz CT molecular complexity index is 722. The van der Waals surface area contributed by atoms with Crippen LogP contribution < -0.4 is 4.90 Å². The molecule has 3 unspecified atom stereocenters. The molecule has 2 heterocycles. The minimum Gasteiger partial charge on any atom is -0.353 e. The molecule has 1 aromatic carbocycles. The molecule has 136 valence electrons. The van der Waals surface area contributed by atoms with Gasteiger partial charge in [-0.2, -0.15) is 0 Å². The van der Waals surface area contributed by atoms with Crippen molar-refractivity contribution in [3.8, 4) is 11.3 Å². The zero-order valence-corrected chi connectivity index (χ0v) is 15.4. The van der Waals surface area contributed by atoms with Gasteiger partial charge in [-0.15, -0.1) is 10.2 Å². The van der Waals surface area contributed by atoms with Crippen molar-refractivity contribution < 1.29 is 0 Å². The molecular formula is C22H28N4. The zero-order valence-electron chi connectivity index (χ0n) is 15.4. The molecule has 26 heavy (non-hydrogen) atoms. The molecule has 0 N–H and O–H groups in total. The van der Waals surface area contributed by atoms with Crippen molar-refractivity contribution >= 4 is 5.82 Å². The molecule has 1 saturated heterocycles. The van der Waals surface area contributed by atoms with E-state index in [2.05, 4.69) is 44.3 Å². The molecule has 2 saturated carbocycles. The Kier molecular flexibility index (Phi) is 4.37. The summed E-state index contributed by atoms with van der Waals surface area (Å²) in [6.45, 7) is 5.79. The second-order valence-electron chi connectivity index (χ2n) is 8.37. The molecule has 0 amide bonds. The van der Waals surface area contributed by atoms with Crippen LogP contribution in [-0.2, 0) is 0 Å². The Morgan fingerprint density at radius 2 is 1.69 bits per heavy atom. The average Bonchev–Trinajstić information content (AvgIpc) is 3.33. The van der Waals surface area contributed by atoms with Gasteiger partial charge >= 0.3 is 0 Å². The third kappa shape index (κ3) is 3.23. The molecule has 0 radical (unpaired) electrons. The molecule has 2 aliphatic carbocycles. The van der Waals surface area contributed by atoms with Gasteiger partial charge < -0.3 is 4.90 Å². The van der Waals surface area contributed by atoms with E-state index in [1.54, 1.807) is 0 Å². The lowest BCUT2D eigenvalue weighted by atomic mass is 9.88. The number of piperazine rings is 1. The van der Waals surface area contributed by atoms with Crippen molar-refractivity contribution in [2.75, 3.05) is 37.6 Å². The Hall–Kier alpha value is -1.94. The molecule has 4 heteroatoms. The summed E-state index contributed by atoms with van der Waals surface area (Å²) in [6.07, 6.45) is 6.02. The number of fused-ring (bicyclic) bond motifs is 2. The van der Waals surface area contributed by atoms with Crippen LogP contribution in [0, 0.1) is 17.8 Å². The molecule has 2 aromatic rings. The van der Waals surface area contributed by atoms with Crippen LogP contribution in [0.4, 0.5) is 5.82 Å². The summed E-state index contributed by atoms with van der Waals surface area (Å²) in [5.41, 5.74) is 2.08. The van der Waals surface area contributed by atoms with Crippen LogP contribution in [0.1, 0.15) is 25.7 Å². The maximum Gasteiger partial charge on any atom is 0.151 e. The summed E-state index contributed by atoms with van der Waals surface area (Å²) in [5, 5.41) is 8.94. The van der Waals surface area contributed by atoms with E-state index < -0.39 is 0 Å². The lowest BCUT2D eigenvalue weighted by Crippen LogP contribution is -2.48. The number of nitrogens with zero attached hydrogens (tertiary/aromatic N) is 4. The molecule has 3 fully saturated rings. The van der Waals surface area contributed by atoms with E-state index in [4.69, 9.17) is 0 Å². The first kappa shape index (κ1) is 16.2. The van der Waals surface area contributed by atoms with Crippen molar-refractivity contribution in [1.29, 1.82) is 0 Å². The predicted octanol–water partition coefficient (Wildman–Crippen LogP) is 3.70. The number of hydrogen-bond acceptors (Lipinski definition) is 4. The summed E-state index contributed by atoms with van der Waals surface area (Å²) in [4.78, 5) is 5.08. The number of hydrogen-bond donors (Lipinski definition) is 0. The second kappa shape index (κ2) is 6.99. The first-order valence-corrected chi connectivity index (χ1v) is 10.2. The van der Waals surface area contributed by atoms with E-state index in [1.807, 2.05) is 18.2 Å². The second-order valence-corrected chi connectivity index (χ2v) is 8.37. The van der Waals surface area contributed by atoms with Gasteiger partial charge in [0.1, 0.15) is 0 Å². The molecule has 3 aliphatic rings. The van der Waals surface area contributed by atoms with Crippen molar-refractivity contribution in [2.24, 2.45) is 17.8 Å². The van der Waals surface area contributed by atoms with Crippen LogP contribution in [-0.4, -0.2) is 47.8 Å². The summed E-state index contributed by atoms with van der Waals surface area (Å²) >= 11 is 0. The lowest BCUT2D eigenvalue weighted by Gasteiger charge is -2.37. The van der Waals surface area contributed by atoms with Crippen LogP contribution in [0.5, 0.6) is 0 Å². The van der Waals surface area contributed by atoms with Crippen molar-refractivity contribution in [2.45, 2.75) is 25.7 Å². The van der Waals surface area contributed by atoms with E-state index in [9.17, 15) is 0 Å². The first-order chi connectivity index (χ1) is 12.8. The van der Waals surface area contributed by atoms with Crippen molar-refractivity contribution in [3.63, 3.8) is 0 Å². The van der Waals surface area contributed by atoms with Crippen LogP contribution >= 0.6 is 0 Å². The fourth-order valence-corrected chi connectivity index (χ4v) is 5.35. The largest absolute Gasteiger partial charge is 0.353 e. The Morgan fingerprint density at radius 3 is 2.35 bits per heavy atom. The minimum absolute atomic E-state index is 0.948. The third-order valence-corrected chi connectivity index (χ3v) is 6.79. The summed E-state index contributed by atoms with van der Waals surface area (Å²) in [7, 11) is 0. The molecular weight excluding hydrogens is 320 g/mol. The van der Waals surface area contributed by atoms with Crippen molar-refractivity contribution in [1.82, 2.24) is 15.1 Å². The van der Waals surface area contributed by atoms with Gasteiger partial charge in [0.15, 0.2) is 5.82 Å². The Labute approximate surface area is 156 Å². The van der Waals surface area contributed by atoms with E-state index in [-0.39, 0.29) is 0 Å². The van der Waals surface area contributed by atoms with Crippen LogP contribution in [0.2, 0.25) is 0 Å². The van der Waals surface area contributed by atoms with Gasteiger partial charge in [0.05, 0.1) is 5.69 Å². The number of anilines is 1. The molecule has 4 nitrogen and oxygen atoms in total. The predicted molar refractivity (Wildman–Crippen MR) is 105 cm³/mol. The normalized spacial score (nSPS) is 28.6. The SMILES string of the molecule is c1ccc(-c2ccc(N3CCN(CC4CC5CCC4C5)CC3)nn2)cc1. The third-order valence-electron chi connectivity index (χ3n) is 6.79. The first-order valence-electron chi connectivity index (χ1n) is 10.2. The smallest absolute Gasteiger partial charge is 0.151 e. The van der Waals surface area contributed by atoms with Crippen LogP contribution in [0.3, 0.4) is 0 Å². The minimum atomic E-state index is 0.948. The molecule has 0 spiro atoms. The highest BCUT2D eigenvalue weighted by molar-refractivity contribution is 5.59. The fourth-order valence-electron chi connectivity index (χ4n) is 5.35. The van der Waals surface area contributed by atoms with Gasteiger partial charge in [-0.25, -0.2) is 0 Å². The fraction of sp³-hybridized carbons (Fsp3) is 0.545. The van der Waals surface area contributed by atoms with E-state index in [0.29, 0.717) is 0 Å². The van der Waals surface area contributed by atoms with Gasteiger partial charge in [0.2, 0.25) is 0 Å². The molecule has 3 atom stereocenters. The van der Waals surface area contributed by atoms with Gasteiger partial charge in [0.25, 0.3) is 0 Å². The van der Waals surface area contributed by atoms with E-state index in [0.717, 1.165) is 61.0 Å². The highest BCUT2D eigenvalue weighted by Crippen LogP contribution is 2.48. The summed E-state index contributed by atoms with van der Waals surface area (Å²) < 4.78 is 0. The highest BCUT2D eigenvalue weighted by atomic mass is 15.3. The van der Waals surface area contributed by atoms with Crippen LogP contribution in [0.25, 0.3) is 11.3 Å². The highest BCUT2D eigenvalue weighted by Gasteiger charge is 2.40. The van der Waals surface area contributed by atoms with Gasteiger partial charge in [-0.05, 0) is 49.1 Å². The maximum atomic E-state index is 4.50. The topological polar surface area (TPSA) is 32.3 Å². The quantitative estimate of drug-likeness (QED) is 0.843. The number of aromatic nitrogens is 2. The molecule has 1 aliphatic heterocycles. The van der Waals surface area contributed by atoms with E-state index >= 15 is 0 Å². The summed E-state index contributed by atoms with van der Waals surface area (Å²) in [6, 6.07) is 14.5. The number of benzene rings is 1. The Morgan fingerprint density at radius 1 is 0.846 bits per heavy atom. The van der Waals surface area contributed by atoms with Crippen LogP contribution in [0.15, 0.2) is 42.5 Å². The van der Waals surface area contributed by atoms with Gasteiger partial charge in [-0.3, -0.25) is 4.90 Å². The summed E-state index contributed by atoms with van der Waals surface area (Å²) in [5.74, 6) is 4.09. The molecule has 2 bridgehead atoms. The monoisotopic (exact) mass is 348 g/mol. The maximum absolute atomic E-state index is 4.50. The van der Waals surface area contributed by atoms with Gasteiger partial charge in [-0.1, -0.05) is 36.8 Å². The van der Waals surface area contributed by atoms with E-state index in [1.165, 1.54) is 32.2 Å².